The highest BCUT2D eigenvalue weighted by atomic mass is 127. The molecule has 2 aromatic rings. The number of nitrogens with one attached hydrogen (secondary N) is 1. The van der Waals surface area contributed by atoms with Crippen LogP contribution in [-0.4, -0.2) is 22.2 Å². The van der Waals surface area contributed by atoms with Gasteiger partial charge in [0.25, 0.3) is 5.91 Å². The Balaban J connectivity index is 2.23. The topological polar surface area (TPSA) is 46.9 Å². The maximum absolute atomic E-state index is 13.1. The summed E-state index contributed by atoms with van der Waals surface area (Å²) in [5.74, 6) is -0.530. The van der Waals surface area contributed by atoms with E-state index in [1.807, 2.05) is 0 Å². The summed E-state index contributed by atoms with van der Waals surface area (Å²) >= 11 is 2.09. The van der Waals surface area contributed by atoms with Gasteiger partial charge in [-0.1, -0.05) is 0 Å². The standard InChI is InChI=1S/C13H9F3IN3O/c14-13(15,16)11-9-5-6-18-12(21)10(9)20(19-11)8-3-1-7(17)2-4-8/h1-4H,5-6H2,(H,18,21). The van der Waals surface area contributed by atoms with Gasteiger partial charge < -0.3 is 5.32 Å². The molecule has 1 aliphatic rings. The van der Waals surface area contributed by atoms with Gasteiger partial charge in [-0.3, -0.25) is 4.79 Å². The molecule has 2 heterocycles. The van der Waals surface area contributed by atoms with Crippen molar-refractivity contribution in [3.8, 4) is 5.69 Å². The minimum Gasteiger partial charge on any atom is -0.350 e. The Bertz CT molecular complexity index is 707. The predicted molar refractivity (Wildman–Crippen MR) is 77.3 cm³/mol. The highest BCUT2D eigenvalue weighted by Crippen LogP contribution is 2.34. The molecule has 0 saturated heterocycles. The molecule has 0 unspecified atom stereocenters. The van der Waals surface area contributed by atoms with Gasteiger partial charge in [-0.15, -0.1) is 0 Å². The first-order chi connectivity index (χ1) is 9.88. The number of amides is 1. The zero-order chi connectivity index (χ0) is 15.2. The number of aromatic nitrogens is 2. The van der Waals surface area contributed by atoms with Gasteiger partial charge in [-0.05, 0) is 53.3 Å². The van der Waals surface area contributed by atoms with E-state index < -0.39 is 17.8 Å². The number of hydrogen-bond donors (Lipinski definition) is 1. The number of fused-ring (bicyclic) bond motifs is 1. The molecule has 21 heavy (non-hydrogen) atoms. The second-order valence-electron chi connectivity index (χ2n) is 4.57. The fourth-order valence-electron chi connectivity index (χ4n) is 2.30. The molecular formula is C13H9F3IN3O. The van der Waals surface area contributed by atoms with E-state index in [9.17, 15) is 18.0 Å². The van der Waals surface area contributed by atoms with Gasteiger partial charge in [-0.2, -0.15) is 18.3 Å². The van der Waals surface area contributed by atoms with E-state index in [1.54, 1.807) is 24.3 Å². The van der Waals surface area contributed by atoms with Crippen LogP contribution in [0.3, 0.4) is 0 Å². The van der Waals surface area contributed by atoms with E-state index in [2.05, 4.69) is 33.0 Å². The molecule has 8 heteroatoms. The fraction of sp³-hybridized carbons (Fsp3) is 0.231. The molecule has 0 spiro atoms. The average molecular weight is 407 g/mol. The lowest BCUT2D eigenvalue weighted by Gasteiger charge is -2.15. The lowest BCUT2D eigenvalue weighted by molar-refractivity contribution is -0.141. The summed E-state index contributed by atoms with van der Waals surface area (Å²) in [6.45, 7) is 0.188. The Hall–Kier alpha value is -1.58. The first kappa shape index (κ1) is 14.4. The first-order valence-electron chi connectivity index (χ1n) is 6.11. The smallest absolute Gasteiger partial charge is 0.350 e. The highest BCUT2D eigenvalue weighted by Gasteiger charge is 2.41. The largest absolute Gasteiger partial charge is 0.435 e. The minimum atomic E-state index is -4.57. The van der Waals surface area contributed by atoms with Crippen molar-refractivity contribution in [2.45, 2.75) is 12.6 Å². The molecule has 0 fully saturated rings. The summed E-state index contributed by atoms with van der Waals surface area (Å²) in [5, 5.41) is 6.20. The number of carbonyl (C=O) groups excluding carboxylic acids is 1. The first-order valence-corrected chi connectivity index (χ1v) is 7.19. The second-order valence-corrected chi connectivity index (χ2v) is 5.81. The Morgan fingerprint density at radius 2 is 1.90 bits per heavy atom. The monoisotopic (exact) mass is 407 g/mol. The molecule has 0 aliphatic carbocycles. The maximum Gasteiger partial charge on any atom is 0.435 e. The van der Waals surface area contributed by atoms with E-state index in [0.717, 1.165) is 8.25 Å². The van der Waals surface area contributed by atoms with Crippen molar-refractivity contribution < 1.29 is 18.0 Å². The number of halogens is 4. The van der Waals surface area contributed by atoms with E-state index in [-0.39, 0.29) is 24.2 Å². The maximum atomic E-state index is 13.1. The van der Waals surface area contributed by atoms with Crippen LogP contribution in [0.15, 0.2) is 24.3 Å². The third kappa shape index (κ3) is 2.52. The van der Waals surface area contributed by atoms with Crippen molar-refractivity contribution in [3.05, 3.63) is 44.8 Å². The average Bonchev–Trinajstić information content (AvgIpc) is 2.80. The summed E-state index contributed by atoms with van der Waals surface area (Å²) in [5.41, 5.74) is -0.621. The van der Waals surface area contributed by atoms with Crippen LogP contribution in [0.25, 0.3) is 5.69 Å². The number of nitrogens with zero attached hydrogens (tertiary/aromatic N) is 2. The molecule has 3 rings (SSSR count). The van der Waals surface area contributed by atoms with Gasteiger partial charge in [0, 0.05) is 15.7 Å². The summed E-state index contributed by atoms with van der Waals surface area (Å²) in [4.78, 5) is 11.9. The van der Waals surface area contributed by atoms with Crippen LogP contribution in [-0.2, 0) is 12.6 Å². The summed E-state index contributed by atoms with van der Waals surface area (Å²) in [7, 11) is 0. The van der Waals surface area contributed by atoms with Gasteiger partial charge in [0.1, 0.15) is 5.69 Å². The van der Waals surface area contributed by atoms with Crippen LogP contribution in [0, 0.1) is 3.57 Å². The summed E-state index contributed by atoms with van der Waals surface area (Å²) < 4.78 is 41.3. The molecule has 0 bridgehead atoms. The molecule has 1 aromatic carbocycles. The van der Waals surface area contributed by atoms with Crippen LogP contribution >= 0.6 is 22.6 Å². The molecule has 1 N–H and O–H groups in total. The van der Waals surface area contributed by atoms with Gasteiger partial charge in [0.2, 0.25) is 0 Å². The molecule has 4 nitrogen and oxygen atoms in total. The Morgan fingerprint density at radius 1 is 1.24 bits per heavy atom. The molecule has 0 radical (unpaired) electrons. The number of carbonyl (C=O) groups is 1. The lowest BCUT2D eigenvalue weighted by atomic mass is 10.0. The number of rotatable bonds is 1. The van der Waals surface area contributed by atoms with Crippen molar-refractivity contribution in [2.75, 3.05) is 6.54 Å². The summed E-state index contributed by atoms with van der Waals surface area (Å²) in [6.07, 6.45) is -4.45. The molecular weight excluding hydrogens is 398 g/mol. The third-order valence-corrected chi connectivity index (χ3v) is 3.92. The van der Waals surface area contributed by atoms with Gasteiger partial charge >= 0.3 is 6.18 Å². The van der Waals surface area contributed by atoms with Crippen LogP contribution in [0.4, 0.5) is 13.2 Å². The van der Waals surface area contributed by atoms with Crippen LogP contribution in [0.1, 0.15) is 21.7 Å². The number of alkyl halides is 3. The van der Waals surface area contributed by atoms with Crippen molar-refractivity contribution >= 4 is 28.5 Å². The van der Waals surface area contributed by atoms with Crippen molar-refractivity contribution in [1.29, 1.82) is 0 Å². The Morgan fingerprint density at radius 3 is 2.52 bits per heavy atom. The molecule has 1 aliphatic heterocycles. The van der Waals surface area contributed by atoms with Crippen molar-refractivity contribution in [2.24, 2.45) is 0 Å². The van der Waals surface area contributed by atoms with E-state index in [0.29, 0.717) is 5.69 Å². The lowest BCUT2D eigenvalue weighted by Crippen LogP contribution is -2.33. The fourth-order valence-corrected chi connectivity index (χ4v) is 2.66. The minimum absolute atomic E-state index is 0.0326. The SMILES string of the molecule is O=C1NCCc2c(C(F)(F)F)nn(-c3ccc(I)cc3)c21. The molecule has 0 atom stereocenters. The van der Waals surface area contributed by atoms with Crippen LogP contribution < -0.4 is 5.32 Å². The summed E-state index contributed by atoms with van der Waals surface area (Å²) in [6, 6.07) is 6.77. The van der Waals surface area contributed by atoms with Gasteiger partial charge in [0.05, 0.1) is 5.69 Å². The highest BCUT2D eigenvalue weighted by molar-refractivity contribution is 14.1. The molecule has 0 saturated carbocycles. The van der Waals surface area contributed by atoms with Gasteiger partial charge in [-0.25, -0.2) is 4.68 Å². The zero-order valence-corrected chi connectivity index (χ0v) is 12.7. The second kappa shape index (κ2) is 5.00. The normalized spacial score (nSPS) is 14.8. The number of benzene rings is 1. The molecule has 110 valence electrons. The molecule has 1 aromatic heterocycles. The van der Waals surface area contributed by atoms with Crippen LogP contribution in [0.2, 0.25) is 0 Å². The van der Waals surface area contributed by atoms with Crippen LogP contribution in [0.5, 0.6) is 0 Å². The Kier molecular flexibility index (Phi) is 3.42. The predicted octanol–water partition coefficient (Wildman–Crippen LogP) is 2.78. The molecule has 1 amide bonds. The van der Waals surface area contributed by atoms with E-state index in [4.69, 9.17) is 0 Å². The van der Waals surface area contributed by atoms with E-state index >= 15 is 0 Å². The van der Waals surface area contributed by atoms with Crippen molar-refractivity contribution in [1.82, 2.24) is 15.1 Å². The van der Waals surface area contributed by atoms with Crippen molar-refractivity contribution in [3.63, 3.8) is 0 Å². The third-order valence-electron chi connectivity index (χ3n) is 3.20. The van der Waals surface area contributed by atoms with E-state index in [1.165, 1.54) is 0 Å². The van der Waals surface area contributed by atoms with Gasteiger partial charge in [0.15, 0.2) is 5.69 Å². The number of hydrogen-bond acceptors (Lipinski definition) is 2. The quantitative estimate of drug-likeness (QED) is 0.740. The zero-order valence-electron chi connectivity index (χ0n) is 10.5. The Labute approximate surface area is 131 Å².